The first-order valence-electron chi connectivity index (χ1n) is 10.1. The fourth-order valence-electron chi connectivity index (χ4n) is 3.58. The van der Waals surface area contributed by atoms with E-state index in [1.54, 1.807) is 0 Å². The maximum absolute atomic E-state index is 12.6. The third-order valence-corrected chi connectivity index (χ3v) is 5.47. The molecule has 0 aliphatic heterocycles. The first-order valence-corrected chi connectivity index (χ1v) is 10.5. The van der Waals surface area contributed by atoms with Crippen molar-refractivity contribution in [1.29, 1.82) is 0 Å². The minimum atomic E-state index is -0.228. The lowest BCUT2D eigenvalue weighted by molar-refractivity contribution is -0.145. The van der Waals surface area contributed by atoms with Gasteiger partial charge in [0.15, 0.2) is 5.15 Å². The van der Waals surface area contributed by atoms with Gasteiger partial charge in [0.05, 0.1) is 5.69 Å². The van der Waals surface area contributed by atoms with Crippen molar-refractivity contribution in [2.45, 2.75) is 39.3 Å². The highest BCUT2D eigenvalue weighted by Crippen LogP contribution is 2.30. The molecule has 160 valence electrons. The second-order valence-corrected chi connectivity index (χ2v) is 7.54. The molecule has 4 aromatic rings. The van der Waals surface area contributed by atoms with Crippen molar-refractivity contribution in [2.24, 2.45) is 0 Å². The van der Waals surface area contributed by atoms with E-state index in [2.05, 4.69) is 37.5 Å². The molecule has 0 unspecified atom stereocenters. The molecule has 0 spiro atoms. The number of hydrogen-bond acceptors (Lipinski definition) is 5. The van der Waals surface area contributed by atoms with Crippen LogP contribution in [-0.2, 0) is 24.5 Å². The van der Waals surface area contributed by atoms with E-state index in [9.17, 15) is 4.53 Å². The maximum Gasteiger partial charge on any atom is 0.205 e. The monoisotopic (exact) mass is 440 g/mol. The lowest BCUT2D eigenvalue weighted by Crippen LogP contribution is -2.09. The molecule has 0 aliphatic rings. The molecule has 0 fully saturated rings. The minimum absolute atomic E-state index is 0.228. The van der Waals surface area contributed by atoms with Gasteiger partial charge in [0.25, 0.3) is 0 Å². The number of imidazole rings is 1. The Morgan fingerprint density at radius 1 is 1.10 bits per heavy atom. The Balaban J connectivity index is 1.62. The Labute approximate surface area is 184 Å². The molecule has 9 heteroatoms. The molecule has 1 N–H and O–H groups in total. The first kappa shape index (κ1) is 21.1. The number of halogens is 2. The number of rotatable bonds is 9. The largest absolute Gasteiger partial charge is 0.324 e. The van der Waals surface area contributed by atoms with E-state index in [1.807, 2.05) is 53.1 Å². The number of aromatic amines is 1. The van der Waals surface area contributed by atoms with Crippen LogP contribution in [0.2, 0.25) is 5.15 Å². The van der Waals surface area contributed by atoms with Gasteiger partial charge in [0.2, 0.25) is 5.82 Å². The van der Waals surface area contributed by atoms with Gasteiger partial charge >= 0.3 is 0 Å². The molecular formula is C22H22ClFN6O. The van der Waals surface area contributed by atoms with Crippen molar-refractivity contribution in [2.75, 3.05) is 0 Å². The number of aromatic nitrogens is 6. The predicted octanol–water partition coefficient (Wildman–Crippen LogP) is 5.18. The van der Waals surface area contributed by atoms with Gasteiger partial charge in [-0.2, -0.15) is 10.2 Å². The Kier molecular flexibility index (Phi) is 6.69. The number of benzene rings is 2. The van der Waals surface area contributed by atoms with Crippen molar-refractivity contribution in [3.05, 3.63) is 70.8 Å². The molecule has 0 atom stereocenters. The van der Waals surface area contributed by atoms with E-state index in [0.29, 0.717) is 18.1 Å². The highest BCUT2D eigenvalue weighted by atomic mass is 35.5. The van der Waals surface area contributed by atoms with Crippen LogP contribution in [0, 0.1) is 0 Å². The van der Waals surface area contributed by atoms with Crippen LogP contribution in [0.4, 0.5) is 4.53 Å². The second kappa shape index (κ2) is 9.80. The van der Waals surface area contributed by atoms with E-state index in [0.717, 1.165) is 47.3 Å². The molecule has 2 aromatic carbocycles. The van der Waals surface area contributed by atoms with Gasteiger partial charge in [-0.15, -0.1) is 10.2 Å². The summed E-state index contributed by atoms with van der Waals surface area (Å²) in [5.74, 6) is 1.38. The van der Waals surface area contributed by atoms with Gasteiger partial charge in [-0.05, 0) is 32.9 Å². The zero-order valence-electron chi connectivity index (χ0n) is 17.1. The first-order chi connectivity index (χ1) is 15.2. The molecule has 0 amide bonds. The smallest absolute Gasteiger partial charge is 0.205 e. The topological polar surface area (TPSA) is 81.5 Å². The van der Waals surface area contributed by atoms with Gasteiger partial charge in [0.1, 0.15) is 12.4 Å². The molecule has 7 nitrogen and oxygen atoms in total. The number of hydrogen-bond donors (Lipinski definition) is 1. The molecule has 0 saturated heterocycles. The van der Waals surface area contributed by atoms with Crippen LogP contribution in [-0.4, -0.2) is 30.2 Å². The number of unbranched alkanes of at least 4 members (excludes halogenated alkanes) is 1. The summed E-state index contributed by atoms with van der Waals surface area (Å²) in [6.07, 6.45) is 2.79. The van der Waals surface area contributed by atoms with Gasteiger partial charge < -0.3 is 4.57 Å². The quantitative estimate of drug-likeness (QED) is 0.388. The average molecular weight is 441 g/mol. The standard InChI is InChI=1S/C22H22ClFN6O/c1-2-3-8-20-25-21(23)19(14-31-24)30(20)13-15-9-11-16(12-10-15)17-6-4-5-7-18(17)22-26-28-29-27-22/h4-7,9-12H,2-3,8,13-14H2,1H3,(H,26,27,28,29). The maximum atomic E-state index is 12.6. The van der Waals surface area contributed by atoms with Crippen LogP contribution in [0.15, 0.2) is 48.5 Å². The average Bonchev–Trinajstić information content (AvgIpc) is 3.43. The van der Waals surface area contributed by atoms with E-state index in [4.69, 9.17) is 11.6 Å². The Bertz CT molecular complexity index is 1130. The molecule has 0 aliphatic carbocycles. The second-order valence-electron chi connectivity index (χ2n) is 7.19. The minimum Gasteiger partial charge on any atom is -0.324 e. The molecule has 0 saturated carbocycles. The molecular weight excluding hydrogens is 419 g/mol. The van der Waals surface area contributed by atoms with Crippen LogP contribution in [0.5, 0.6) is 0 Å². The summed E-state index contributed by atoms with van der Waals surface area (Å²) in [4.78, 5) is 8.29. The molecule has 4 rings (SSSR count). The van der Waals surface area contributed by atoms with Crippen LogP contribution >= 0.6 is 11.6 Å². The number of nitrogens with zero attached hydrogens (tertiary/aromatic N) is 5. The summed E-state index contributed by atoms with van der Waals surface area (Å²) in [5, 5.41) is 14.6. The van der Waals surface area contributed by atoms with Crippen molar-refractivity contribution >= 4 is 11.6 Å². The van der Waals surface area contributed by atoms with Crippen molar-refractivity contribution in [1.82, 2.24) is 30.2 Å². The van der Waals surface area contributed by atoms with Gasteiger partial charge in [-0.3, -0.25) is 0 Å². The number of nitrogens with one attached hydrogen (secondary N) is 1. The SMILES string of the molecule is CCCCc1nc(Cl)c(COF)n1Cc1ccc(-c2ccccc2-c2nn[nH]n2)cc1. The summed E-state index contributed by atoms with van der Waals surface area (Å²) in [6, 6.07) is 16.1. The predicted molar refractivity (Wildman–Crippen MR) is 116 cm³/mol. The van der Waals surface area contributed by atoms with E-state index >= 15 is 0 Å². The highest BCUT2D eigenvalue weighted by Gasteiger charge is 2.17. The summed E-state index contributed by atoms with van der Waals surface area (Å²) in [5.41, 5.74) is 4.53. The Hall–Kier alpha value is -3.10. The Morgan fingerprint density at radius 2 is 1.87 bits per heavy atom. The lowest BCUT2D eigenvalue weighted by atomic mass is 9.98. The normalized spacial score (nSPS) is 11.2. The summed E-state index contributed by atoms with van der Waals surface area (Å²) < 4.78 is 14.6. The summed E-state index contributed by atoms with van der Waals surface area (Å²) >= 11 is 6.25. The van der Waals surface area contributed by atoms with E-state index in [-0.39, 0.29) is 11.8 Å². The van der Waals surface area contributed by atoms with Gasteiger partial charge in [0, 0.05) is 18.5 Å². The van der Waals surface area contributed by atoms with Crippen LogP contribution in [0.1, 0.15) is 36.8 Å². The molecule has 0 bridgehead atoms. The fourth-order valence-corrected chi connectivity index (χ4v) is 3.84. The lowest BCUT2D eigenvalue weighted by Gasteiger charge is -2.12. The molecule has 31 heavy (non-hydrogen) atoms. The Morgan fingerprint density at radius 3 is 2.55 bits per heavy atom. The zero-order chi connectivity index (χ0) is 21.6. The van der Waals surface area contributed by atoms with Crippen molar-refractivity contribution < 1.29 is 9.47 Å². The van der Waals surface area contributed by atoms with Crippen molar-refractivity contribution in [3.63, 3.8) is 0 Å². The zero-order valence-corrected chi connectivity index (χ0v) is 17.8. The van der Waals surface area contributed by atoms with Gasteiger partial charge in [-0.25, -0.2) is 4.98 Å². The highest BCUT2D eigenvalue weighted by molar-refractivity contribution is 6.30. The summed E-state index contributed by atoms with van der Waals surface area (Å²) in [7, 11) is 0. The van der Waals surface area contributed by atoms with E-state index < -0.39 is 0 Å². The van der Waals surface area contributed by atoms with Crippen LogP contribution in [0.3, 0.4) is 0 Å². The molecule has 2 aromatic heterocycles. The number of aryl methyl sites for hydroxylation is 1. The molecule has 2 heterocycles. The molecule has 0 radical (unpaired) electrons. The number of tetrazole rings is 1. The van der Waals surface area contributed by atoms with Crippen molar-refractivity contribution in [3.8, 4) is 22.5 Å². The third kappa shape index (κ3) is 4.65. The van der Waals surface area contributed by atoms with Gasteiger partial charge in [-0.1, -0.05) is 73.5 Å². The van der Waals surface area contributed by atoms with Crippen LogP contribution in [0.25, 0.3) is 22.5 Å². The number of H-pyrrole nitrogens is 1. The van der Waals surface area contributed by atoms with Crippen LogP contribution < -0.4 is 0 Å². The summed E-state index contributed by atoms with van der Waals surface area (Å²) in [6.45, 7) is 2.42. The third-order valence-electron chi connectivity index (χ3n) is 5.17. The van der Waals surface area contributed by atoms with E-state index in [1.165, 1.54) is 0 Å². The fraction of sp³-hybridized carbons (Fsp3) is 0.273.